The first-order chi connectivity index (χ1) is 11.0. The van der Waals surface area contributed by atoms with E-state index in [9.17, 15) is 18.8 Å². The largest absolute Gasteiger partial charge is 0.481 e. The first-order valence-corrected chi connectivity index (χ1v) is 7.56. The van der Waals surface area contributed by atoms with E-state index in [1.165, 1.54) is 23.1 Å². The number of fused-ring (bicyclic) bond motifs is 1. The van der Waals surface area contributed by atoms with Crippen LogP contribution in [-0.2, 0) is 14.4 Å². The maximum absolute atomic E-state index is 13.3. The van der Waals surface area contributed by atoms with Crippen LogP contribution in [0.5, 0.6) is 0 Å². The number of nitrogens with one attached hydrogen (secondary N) is 1. The zero-order valence-electron chi connectivity index (χ0n) is 12.4. The van der Waals surface area contributed by atoms with Crippen molar-refractivity contribution in [3.63, 3.8) is 0 Å². The minimum atomic E-state index is -0.911. The highest BCUT2D eigenvalue weighted by molar-refractivity contribution is 6.01. The van der Waals surface area contributed by atoms with Crippen LogP contribution < -0.4 is 5.32 Å². The predicted molar refractivity (Wildman–Crippen MR) is 79.3 cm³/mol. The van der Waals surface area contributed by atoms with Gasteiger partial charge in [0, 0.05) is 25.2 Å². The van der Waals surface area contributed by atoms with Crippen molar-refractivity contribution in [3.8, 4) is 0 Å². The molecule has 3 rings (SSSR count). The summed E-state index contributed by atoms with van der Waals surface area (Å²) in [5, 5.41) is 11.7. The van der Waals surface area contributed by atoms with Crippen molar-refractivity contribution in [2.45, 2.75) is 25.2 Å². The van der Waals surface area contributed by atoms with E-state index < -0.39 is 23.6 Å². The molecule has 0 aromatic heterocycles. The summed E-state index contributed by atoms with van der Waals surface area (Å²) in [4.78, 5) is 37.2. The summed E-state index contributed by atoms with van der Waals surface area (Å²) >= 11 is 0. The molecule has 2 amide bonds. The van der Waals surface area contributed by atoms with Gasteiger partial charge in [0.15, 0.2) is 0 Å². The number of carboxylic acids is 1. The summed E-state index contributed by atoms with van der Waals surface area (Å²) in [6.07, 6.45) is 1.16. The molecule has 6 nitrogen and oxygen atoms in total. The first-order valence-electron chi connectivity index (χ1n) is 7.56. The fourth-order valence-electron chi connectivity index (χ4n) is 3.26. The normalized spacial score (nSPS) is 23.9. The summed E-state index contributed by atoms with van der Waals surface area (Å²) in [5.41, 5.74) is 0.889. The van der Waals surface area contributed by atoms with Crippen molar-refractivity contribution in [2.24, 2.45) is 5.92 Å². The van der Waals surface area contributed by atoms with Crippen LogP contribution >= 0.6 is 0 Å². The van der Waals surface area contributed by atoms with Gasteiger partial charge < -0.3 is 15.3 Å². The van der Waals surface area contributed by atoms with Crippen LogP contribution in [0.1, 0.15) is 30.7 Å². The molecule has 2 unspecified atom stereocenters. The highest BCUT2D eigenvalue weighted by Gasteiger charge is 2.36. The summed E-state index contributed by atoms with van der Waals surface area (Å²) in [6.45, 7) is 0.639. The Morgan fingerprint density at radius 1 is 1.35 bits per heavy atom. The van der Waals surface area contributed by atoms with Gasteiger partial charge in [-0.25, -0.2) is 4.39 Å². The van der Waals surface area contributed by atoms with E-state index in [2.05, 4.69) is 5.32 Å². The van der Waals surface area contributed by atoms with Crippen LogP contribution in [-0.4, -0.2) is 40.9 Å². The SMILES string of the molecule is O=C1CC(C(=O)N2CCCC(C(=O)O)C2)c2ccc(F)cc2N1. The fourth-order valence-corrected chi connectivity index (χ4v) is 3.26. The van der Waals surface area contributed by atoms with Crippen molar-refractivity contribution in [1.29, 1.82) is 0 Å². The minimum absolute atomic E-state index is 0.00823. The van der Waals surface area contributed by atoms with Crippen molar-refractivity contribution >= 4 is 23.5 Å². The number of hydrogen-bond acceptors (Lipinski definition) is 3. The Labute approximate surface area is 132 Å². The number of nitrogens with zero attached hydrogens (tertiary/aromatic N) is 1. The molecule has 1 aromatic rings. The third kappa shape index (κ3) is 3.04. The number of rotatable bonds is 2. The van der Waals surface area contributed by atoms with Crippen LogP contribution in [0.25, 0.3) is 0 Å². The van der Waals surface area contributed by atoms with Crippen molar-refractivity contribution in [3.05, 3.63) is 29.6 Å². The average molecular weight is 320 g/mol. The van der Waals surface area contributed by atoms with Crippen LogP contribution in [0.2, 0.25) is 0 Å². The lowest BCUT2D eigenvalue weighted by Crippen LogP contribution is -2.45. The number of piperidine rings is 1. The van der Waals surface area contributed by atoms with Gasteiger partial charge in [-0.1, -0.05) is 6.07 Å². The Morgan fingerprint density at radius 3 is 2.87 bits per heavy atom. The van der Waals surface area contributed by atoms with Gasteiger partial charge in [-0.2, -0.15) is 0 Å². The van der Waals surface area contributed by atoms with Gasteiger partial charge >= 0.3 is 5.97 Å². The van der Waals surface area contributed by atoms with Crippen molar-refractivity contribution in [2.75, 3.05) is 18.4 Å². The molecule has 0 saturated carbocycles. The third-order valence-corrected chi connectivity index (χ3v) is 4.43. The monoisotopic (exact) mass is 320 g/mol. The molecule has 0 radical (unpaired) electrons. The maximum Gasteiger partial charge on any atom is 0.308 e. The van der Waals surface area contributed by atoms with E-state index in [-0.39, 0.29) is 24.8 Å². The van der Waals surface area contributed by atoms with Crippen molar-refractivity contribution in [1.82, 2.24) is 4.90 Å². The lowest BCUT2D eigenvalue weighted by atomic mass is 9.88. The molecule has 0 spiro atoms. The number of hydrogen-bond donors (Lipinski definition) is 2. The van der Waals surface area contributed by atoms with Gasteiger partial charge in [0.05, 0.1) is 11.8 Å². The van der Waals surface area contributed by atoms with Gasteiger partial charge in [-0.05, 0) is 30.5 Å². The minimum Gasteiger partial charge on any atom is -0.481 e. The number of likely N-dealkylation sites (tertiary alicyclic amines) is 1. The molecule has 1 saturated heterocycles. The predicted octanol–water partition coefficient (Wildman–Crippen LogP) is 1.57. The lowest BCUT2D eigenvalue weighted by molar-refractivity contribution is -0.146. The number of halogens is 1. The van der Waals surface area contributed by atoms with E-state index in [0.29, 0.717) is 30.6 Å². The van der Waals surface area contributed by atoms with Gasteiger partial charge in [0.2, 0.25) is 11.8 Å². The Balaban J connectivity index is 1.85. The molecule has 0 bridgehead atoms. The summed E-state index contributed by atoms with van der Waals surface area (Å²) in [6, 6.07) is 3.96. The van der Waals surface area contributed by atoms with Crippen molar-refractivity contribution < 1.29 is 23.9 Å². The third-order valence-electron chi connectivity index (χ3n) is 4.43. The van der Waals surface area contributed by atoms with Crippen LogP contribution in [0, 0.1) is 11.7 Å². The average Bonchev–Trinajstić information content (AvgIpc) is 2.53. The molecule has 23 heavy (non-hydrogen) atoms. The van der Waals surface area contributed by atoms with E-state index in [4.69, 9.17) is 5.11 Å². The molecule has 0 aliphatic carbocycles. The molecular weight excluding hydrogens is 303 g/mol. The Hall–Kier alpha value is -2.44. The van der Waals surface area contributed by atoms with E-state index in [1.54, 1.807) is 0 Å². The first kappa shape index (κ1) is 15.5. The van der Waals surface area contributed by atoms with E-state index in [0.717, 1.165) is 0 Å². The molecule has 7 heteroatoms. The number of anilines is 1. The maximum atomic E-state index is 13.3. The van der Waals surface area contributed by atoms with Gasteiger partial charge in [0.1, 0.15) is 5.82 Å². The van der Waals surface area contributed by atoms with Crippen LogP contribution in [0.4, 0.5) is 10.1 Å². The lowest BCUT2D eigenvalue weighted by Gasteiger charge is -2.35. The molecular formula is C16H17FN2O4. The second-order valence-corrected chi connectivity index (χ2v) is 6.00. The van der Waals surface area contributed by atoms with Gasteiger partial charge in [-0.15, -0.1) is 0 Å². The number of benzene rings is 1. The molecule has 2 atom stereocenters. The number of carboxylic acid groups (broad SMARTS) is 1. The Morgan fingerprint density at radius 2 is 2.13 bits per heavy atom. The smallest absolute Gasteiger partial charge is 0.308 e. The highest BCUT2D eigenvalue weighted by atomic mass is 19.1. The van der Waals surface area contributed by atoms with E-state index >= 15 is 0 Å². The summed E-state index contributed by atoms with van der Waals surface area (Å²) < 4.78 is 13.3. The number of carbonyl (C=O) groups is 3. The molecule has 2 aliphatic rings. The van der Waals surface area contributed by atoms with Crippen LogP contribution in [0.15, 0.2) is 18.2 Å². The van der Waals surface area contributed by atoms with E-state index in [1.807, 2.05) is 0 Å². The molecule has 2 N–H and O–H groups in total. The molecule has 2 aliphatic heterocycles. The number of amides is 2. The second-order valence-electron chi connectivity index (χ2n) is 6.00. The van der Waals surface area contributed by atoms with Gasteiger partial charge in [0.25, 0.3) is 0 Å². The van der Waals surface area contributed by atoms with Crippen LogP contribution in [0.3, 0.4) is 0 Å². The highest BCUT2D eigenvalue weighted by Crippen LogP contribution is 2.35. The summed E-state index contributed by atoms with van der Waals surface area (Å²) in [5.74, 6) is -3.26. The zero-order valence-corrected chi connectivity index (χ0v) is 12.4. The molecule has 1 fully saturated rings. The quantitative estimate of drug-likeness (QED) is 0.866. The number of aliphatic carboxylic acids is 1. The van der Waals surface area contributed by atoms with Gasteiger partial charge in [-0.3, -0.25) is 14.4 Å². The topological polar surface area (TPSA) is 86.7 Å². The summed E-state index contributed by atoms with van der Waals surface area (Å²) in [7, 11) is 0. The molecule has 1 aromatic carbocycles. The Kier molecular flexibility index (Phi) is 4.02. The number of carbonyl (C=O) groups excluding carboxylic acids is 2. The fraction of sp³-hybridized carbons (Fsp3) is 0.438. The Bertz CT molecular complexity index is 676. The standard InChI is InChI=1S/C16H17FN2O4/c17-10-3-4-11-12(7-14(20)18-13(11)6-10)15(21)19-5-1-2-9(8-19)16(22)23/h3-4,6,9,12H,1-2,5,7-8H2,(H,18,20)(H,22,23). The molecule has 122 valence electrons. The zero-order chi connectivity index (χ0) is 16.6. The second kappa shape index (κ2) is 5.98. The molecule has 2 heterocycles.